The molecule has 24 heavy (non-hydrogen) atoms. The lowest BCUT2D eigenvalue weighted by atomic mass is 10.00. The maximum absolute atomic E-state index is 10.6. The van der Waals surface area contributed by atoms with Gasteiger partial charge in [0.05, 0.1) is 25.0 Å². The lowest BCUT2D eigenvalue weighted by molar-refractivity contribution is 0.0616. The third-order valence-electron chi connectivity index (χ3n) is 3.72. The third-order valence-corrected chi connectivity index (χ3v) is 4.77. The van der Waals surface area contributed by atoms with Crippen molar-refractivity contribution in [2.75, 3.05) is 13.1 Å². The Hall–Kier alpha value is -1.93. The van der Waals surface area contributed by atoms with E-state index in [-0.39, 0.29) is 0 Å². The number of aromatic nitrogens is 3. The van der Waals surface area contributed by atoms with Crippen molar-refractivity contribution in [1.29, 1.82) is 0 Å². The van der Waals surface area contributed by atoms with Gasteiger partial charge < -0.3 is 15.7 Å². The molecule has 3 N–H and O–H groups in total. The molecule has 0 aliphatic carbocycles. The van der Waals surface area contributed by atoms with Crippen LogP contribution >= 0.6 is 11.3 Å². The summed E-state index contributed by atoms with van der Waals surface area (Å²) in [5.74, 6) is 0.659. The average molecular weight is 350 g/mol. The van der Waals surface area contributed by atoms with Crippen molar-refractivity contribution in [3.8, 4) is 0 Å². The summed E-state index contributed by atoms with van der Waals surface area (Å²) in [6.45, 7) is 9.44. The highest BCUT2D eigenvalue weighted by Crippen LogP contribution is 2.19. The Morgan fingerprint density at radius 2 is 2.17 bits per heavy atom. The lowest BCUT2D eigenvalue weighted by Crippen LogP contribution is -2.44. The molecule has 2 aromatic heterocycles. The van der Waals surface area contributed by atoms with Gasteiger partial charge in [-0.2, -0.15) is 5.10 Å². The molecule has 0 spiro atoms. The quantitative estimate of drug-likeness (QED) is 0.542. The summed E-state index contributed by atoms with van der Waals surface area (Å²) in [5, 5.41) is 22.1. The molecule has 0 aliphatic rings. The Morgan fingerprint density at radius 3 is 2.71 bits per heavy atom. The Kier molecular flexibility index (Phi) is 5.95. The first-order valence-corrected chi connectivity index (χ1v) is 8.80. The van der Waals surface area contributed by atoms with Gasteiger partial charge in [0.15, 0.2) is 5.96 Å². The number of aliphatic hydroxyl groups is 1. The molecule has 2 rings (SSSR count). The van der Waals surface area contributed by atoms with Crippen LogP contribution in [0.5, 0.6) is 0 Å². The topological polar surface area (TPSA) is 87.4 Å². The fourth-order valence-corrected chi connectivity index (χ4v) is 3.01. The van der Waals surface area contributed by atoms with Crippen molar-refractivity contribution in [3.63, 3.8) is 0 Å². The van der Waals surface area contributed by atoms with Gasteiger partial charge in [-0.05, 0) is 27.7 Å². The maximum Gasteiger partial charge on any atom is 0.191 e. The fraction of sp³-hybridized carbons (Fsp3) is 0.562. The van der Waals surface area contributed by atoms with Gasteiger partial charge >= 0.3 is 0 Å². The molecule has 0 saturated heterocycles. The monoisotopic (exact) mass is 350 g/mol. The van der Waals surface area contributed by atoms with Crippen molar-refractivity contribution in [2.24, 2.45) is 12.0 Å². The molecular weight excluding hydrogens is 324 g/mol. The molecule has 0 amide bonds. The van der Waals surface area contributed by atoms with Gasteiger partial charge in [-0.15, -0.1) is 11.3 Å². The van der Waals surface area contributed by atoms with Gasteiger partial charge in [0.25, 0.3) is 0 Å². The summed E-state index contributed by atoms with van der Waals surface area (Å²) >= 11 is 1.66. The summed E-state index contributed by atoms with van der Waals surface area (Å²) in [6.07, 6.45) is 3.49. The highest BCUT2D eigenvalue weighted by atomic mass is 32.1. The highest BCUT2D eigenvalue weighted by Gasteiger charge is 2.25. The number of hydrogen-bond donors (Lipinski definition) is 3. The first kappa shape index (κ1) is 18.4. The van der Waals surface area contributed by atoms with Crippen LogP contribution < -0.4 is 10.6 Å². The molecule has 8 heteroatoms. The molecule has 0 aromatic carbocycles. The molecule has 1 unspecified atom stereocenters. The number of nitrogens with one attached hydrogen (secondary N) is 2. The van der Waals surface area contributed by atoms with E-state index in [2.05, 4.69) is 32.6 Å². The van der Waals surface area contributed by atoms with Crippen molar-refractivity contribution in [3.05, 3.63) is 33.5 Å². The summed E-state index contributed by atoms with van der Waals surface area (Å²) in [4.78, 5) is 10.3. The zero-order valence-corrected chi connectivity index (χ0v) is 15.7. The molecule has 2 aromatic rings. The van der Waals surface area contributed by atoms with Crippen molar-refractivity contribution < 1.29 is 5.11 Å². The Bertz CT molecular complexity index is 684. The molecule has 0 fully saturated rings. The SMILES string of the molecule is CCNC(=NCc1nc(C)c(C)s1)NCC(C)(O)c1cnn(C)c1. The minimum absolute atomic E-state index is 0.334. The minimum Gasteiger partial charge on any atom is -0.383 e. The van der Waals surface area contributed by atoms with E-state index in [0.717, 1.165) is 22.8 Å². The normalized spacial score (nSPS) is 14.5. The summed E-state index contributed by atoms with van der Waals surface area (Å²) < 4.78 is 1.68. The molecular formula is C16H26N6OS. The first-order valence-electron chi connectivity index (χ1n) is 7.98. The van der Waals surface area contributed by atoms with Crippen LogP contribution in [0.25, 0.3) is 0 Å². The maximum atomic E-state index is 10.6. The molecule has 7 nitrogen and oxygen atoms in total. The second-order valence-electron chi connectivity index (χ2n) is 5.97. The van der Waals surface area contributed by atoms with Crippen molar-refractivity contribution >= 4 is 17.3 Å². The number of rotatable bonds is 6. The van der Waals surface area contributed by atoms with Crippen LogP contribution in [0.1, 0.15) is 35.0 Å². The van der Waals surface area contributed by atoms with Crippen LogP contribution in [0.15, 0.2) is 17.4 Å². The molecule has 0 aliphatic heterocycles. The van der Waals surface area contributed by atoms with E-state index in [9.17, 15) is 5.11 Å². The summed E-state index contributed by atoms with van der Waals surface area (Å²) in [5.41, 5.74) is 0.793. The zero-order chi connectivity index (χ0) is 17.7. The Labute approximate surface area is 146 Å². The van der Waals surface area contributed by atoms with Crippen LogP contribution in [-0.4, -0.2) is 38.9 Å². The number of hydrogen-bond acceptors (Lipinski definition) is 5. The van der Waals surface area contributed by atoms with E-state index in [1.807, 2.05) is 27.1 Å². The number of aryl methyl sites for hydroxylation is 3. The molecule has 0 radical (unpaired) electrons. The van der Waals surface area contributed by atoms with Gasteiger partial charge in [-0.25, -0.2) is 9.98 Å². The predicted octanol–water partition coefficient (Wildman–Crippen LogP) is 1.46. The second-order valence-corrected chi connectivity index (χ2v) is 7.26. The smallest absolute Gasteiger partial charge is 0.191 e. The standard InChI is InChI=1S/C16H26N6OS/c1-6-17-15(18-8-14-21-11(2)12(3)24-14)19-10-16(4,23)13-7-20-22(5)9-13/h7,9,23H,6,8,10H2,1-5H3,(H2,17,18,19). The van der Waals surface area contributed by atoms with Crippen LogP contribution in [0, 0.1) is 13.8 Å². The van der Waals surface area contributed by atoms with E-state index in [1.54, 1.807) is 29.1 Å². The number of nitrogens with zero attached hydrogens (tertiary/aromatic N) is 4. The van der Waals surface area contributed by atoms with E-state index in [1.165, 1.54) is 4.88 Å². The Balaban J connectivity index is 2.00. The second kappa shape index (κ2) is 7.76. The largest absolute Gasteiger partial charge is 0.383 e. The predicted molar refractivity (Wildman–Crippen MR) is 97.2 cm³/mol. The van der Waals surface area contributed by atoms with Crippen LogP contribution in [0.2, 0.25) is 0 Å². The van der Waals surface area contributed by atoms with E-state index < -0.39 is 5.60 Å². The lowest BCUT2D eigenvalue weighted by Gasteiger charge is -2.23. The molecule has 2 heterocycles. The molecule has 0 bridgehead atoms. The van der Waals surface area contributed by atoms with Gasteiger partial charge in [-0.1, -0.05) is 0 Å². The van der Waals surface area contributed by atoms with Crippen LogP contribution in [-0.2, 0) is 19.2 Å². The summed E-state index contributed by atoms with van der Waals surface area (Å²) in [6, 6.07) is 0. The number of aliphatic imine (C=N–C) groups is 1. The molecule has 0 saturated carbocycles. The van der Waals surface area contributed by atoms with Crippen LogP contribution in [0.4, 0.5) is 0 Å². The highest BCUT2D eigenvalue weighted by molar-refractivity contribution is 7.11. The van der Waals surface area contributed by atoms with Crippen LogP contribution in [0.3, 0.4) is 0 Å². The fourth-order valence-electron chi connectivity index (χ4n) is 2.15. The van der Waals surface area contributed by atoms with E-state index in [4.69, 9.17) is 0 Å². The third kappa shape index (κ3) is 4.78. The first-order chi connectivity index (χ1) is 11.3. The van der Waals surface area contributed by atoms with Gasteiger partial charge in [0, 0.05) is 30.2 Å². The van der Waals surface area contributed by atoms with E-state index in [0.29, 0.717) is 19.0 Å². The summed E-state index contributed by atoms with van der Waals surface area (Å²) in [7, 11) is 1.83. The van der Waals surface area contributed by atoms with Gasteiger partial charge in [0.1, 0.15) is 10.6 Å². The number of thiazole rings is 1. The Morgan fingerprint density at radius 1 is 1.42 bits per heavy atom. The van der Waals surface area contributed by atoms with Crippen molar-refractivity contribution in [2.45, 2.75) is 39.8 Å². The number of guanidine groups is 1. The zero-order valence-electron chi connectivity index (χ0n) is 14.9. The average Bonchev–Trinajstić information content (AvgIpc) is 3.09. The van der Waals surface area contributed by atoms with Crippen molar-refractivity contribution in [1.82, 2.24) is 25.4 Å². The van der Waals surface area contributed by atoms with E-state index >= 15 is 0 Å². The van der Waals surface area contributed by atoms with Gasteiger partial charge in [-0.3, -0.25) is 4.68 Å². The van der Waals surface area contributed by atoms with Gasteiger partial charge in [0.2, 0.25) is 0 Å². The molecule has 1 atom stereocenters. The molecule has 132 valence electrons. The minimum atomic E-state index is -1.03.